The third-order valence-corrected chi connectivity index (χ3v) is 8.65. The zero-order chi connectivity index (χ0) is 22.6. The van der Waals surface area contributed by atoms with E-state index in [1.54, 1.807) is 0 Å². The van der Waals surface area contributed by atoms with Gasteiger partial charge in [-0.1, -0.05) is 75.2 Å². The number of benzene rings is 2. The van der Waals surface area contributed by atoms with Gasteiger partial charge in [0.15, 0.2) is 0 Å². The van der Waals surface area contributed by atoms with Gasteiger partial charge in [-0.05, 0) is 98.3 Å². The molecule has 0 saturated heterocycles. The van der Waals surface area contributed by atoms with Crippen molar-refractivity contribution in [1.82, 2.24) is 0 Å². The number of aryl methyl sites for hydroxylation is 2. The number of rotatable bonds is 7. The van der Waals surface area contributed by atoms with E-state index in [2.05, 4.69) is 62.4 Å². The molecule has 0 heterocycles. The number of hydrogen-bond donors (Lipinski definition) is 2. The molecule has 2 aromatic carbocycles. The predicted octanol–water partition coefficient (Wildman–Crippen LogP) is 7.05. The fraction of sp³-hybridized carbons (Fsp3) is 0.600. The molecule has 0 bridgehead atoms. The van der Waals surface area contributed by atoms with E-state index in [-0.39, 0.29) is 0 Å². The highest BCUT2D eigenvalue weighted by Crippen LogP contribution is 2.44. The van der Waals surface area contributed by atoms with Crippen molar-refractivity contribution in [3.05, 3.63) is 70.8 Å². The summed E-state index contributed by atoms with van der Waals surface area (Å²) in [7, 11) is 0. The lowest BCUT2D eigenvalue weighted by molar-refractivity contribution is -0.0228. The van der Waals surface area contributed by atoms with E-state index in [1.807, 2.05) is 0 Å². The van der Waals surface area contributed by atoms with Crippen molar-refractivity contribution in [2.45, 2.75) is 102 Å². The van der Waals surface area contributed by atoms with Gasteiger partial charge in [0.25, 0.3) is 0 Å². The minimum absolute atomic E-state index is 0.628. The summed E-state index contributed by atoms with van der Waals surface area (Å²) in [6.07, 6.45) is 12.7. The maximum Gasteiger partial charge on any atom is 0.0896 e. The van der Waals surface area contributed by atoms with Crippen molar-refractivity contribution in [2.24, 2.45) is 11.8 Å². The molecule has 0 atom stereocenters. The monoisotopic (exact) mass is 434 g/mol. The molecule has 0 unspecified atom stereocenters. The average Bonchev–Trinajstić information content (AvgIpc) is 2.85. The van der Waals surface area contributed by atoms with E-state index in [4.69, 9.17) is 0 Å². The second-order valence-electron chi connectivity index (χ2n) is 10.6. The topological polar surface area (TPSA) is 40.5 Å². The van der Waals surface area contributed by atoms with Crippen LogP contribution >= 0.6 is 0 Å². The van der Waals surface area contributed by atoms with Crippen LogP contribution in [-0.2, 0) is 24.0 Å². The van der Waals surface area contributed by atoms with Gasteiger partial charge in [0.05, 0.1) is 11.2 Å². The lowest BCUT2D eigenvalue weighted by Gasteiger charge is -2.39. The Bertz CT molecular complexity index is 762. The van der Waals surface area contributed by atoms with Crippen LogP contribution in [0.5, 0.6) is 0 Å². The minimum atomic E-state index is -0.628. The minimum Gasteiger partial charge on any atom is -0.385 e. The van der Waals surface area contributed by atoms with Crippen molar-refractivity contribution in [1.29, 1.82) is 0 Å². The molecule has 2 aliphatic rings. The van der Waals surface area contributed by atoms with E-state index in [9.17, 15) is 10.2 Å². The SMILES string of the molecule is CCc1ccc(C2(O)CCC(CCC3CCC(O)(c4ccc(CC)cc4)CC3)CC2)cc1. The van der Waals surface area contributed by atoms with Crippen molar-refractivity contribution < 1.29 is 10.2 Å². The van der Waals surface area contributed by atoms with Crippen LogP contribution in [0.1, 0.15) is 100 Å². The Kier molecular flexibility index (Phi) is 7.42. The number of hydrogen-bond acceptors (Lipinski definition) is 2. The molecule has 0 radical (unpaired) electrons. The van der Waals surface area contributed by atoms with E-state index in [0.717, 1.165) is 87.2 Å². The molecule has 0 aliphatic heterocycles. The first-order valence-corrected chi connectivity index (χ1v) is 13.1. The van der Waals surface area contributed by atoms with Crippen LogP contribution < -0.4 is 0 Å². The maximum atomic E-state index is 11.2. The van der Waals surface area contributed by atoms with Crippen LogP contribution in [0.15, 0.2) is 48.5 Å². The first kappa shape index (κ1) is 23.5. The molecule has 0 aromatic heterocycles. The molecule has 4 rings (SSSR count). The first-order valence-electron chi connectivity index (χ1n) is 13.1. The Balaban J connectivity index is 1.22. The Morgan fingerprint density at radius 1 is 0.594 bits per heavy atom. The third kappa shape index (κ3) is 5.29. The molecule has 32 heavy (non-hydrogen) atoms. The standard InChI is InChI=1S/C30H42O2/c1-3-23-7-11-27(12-8-23)29(31)19-15-25(16-20-29)5-6-26-17-21-30(32,22-18-26)28-13-9-24(4-2)10-14-28/h7-14,25-26,31-32H,3-6,15-22H2,1-2H3. The quantitative estimate of drug-likeness (QED) is 0.490. The Labute approximate surface area is 195 Å². The largest absolute Gasteiger partial charge is 0.385 e. The molecule has 2 aromatic rings. The predicted molar refractivity (Wildman–Crippen MR) is 133 cm³/mol. The second kappa shape index (κ2) is 10.1. The average molecular weight is 435 g/mol. The van der Waals surface area contributed by atoms with Gasteiger partial charge in [-0.2, -0.15) is 0 Å². The van der Waals surface area contributed by atoms with E-state index in [1.165, 1.54) is 24.0 Å². The Hall–Kier alpha value is -1.64. The fourth-order valence-electron chi connectivity index (χ4n) is 6.04. The summed E-state index contributed by atoms with van der Waals surface area (Å²) in [5, 5.41) is 22.4. The summed E-state index contributed by atoms with van der Waals surface area (Å²) in [6, 6.07) is 17.2. The van der Waals surface area contributed by atoms with Crippen LogP contribution in [0.25, 0.3) is 0 Å². The molecule has 0 amide bonds. The highest BCUT2D eigenvalue weighted by molar-refractivity contribution is 5.28. The van der Waals surface area contributed by atoms with Crippen molar-refractivity contribution in [3.63, 3.8) is 0 Å². The highest BCUT2D eigenvalue weighted by Gasteiger charge is 2.37. The fourth-order valence-corrected chi connectivity index (χ4v) is 6.04. The van der Waals surface area contributed by atoms with Crippen LogP contribution in [0.3, 0.4) is 0 Å². The molecule has 2 saturated carbocycles. The lowest BCUT2D eigenvalue weighted by Crippen LogP contribution is -2.33. The highest BCUT2D eigenvalue weighted by atomic mass is 16.3. The molecule has 2 nitrogen and oxygen atoms in total. The summed E-state index contributed by atoms with van der Waals surface area (Å²) in [5.74, 6) is 1.49. The molecule has 2 N–H and O–H groups in total. The van der Waals surface area contributed by atoms with Crippen LogP contribution in [0.4, 0.5) is 0 Å². The lowest BCUT2D eigenvalue weighted by atomic mass is 9.71. The van der Waals surface area contributed by atoms with Crippen molar-refractivity contribution >= 4 is 0 Å². The first-order chi connectivity index (χ1) is 15.4. The van der Waals surface area contributed by atoms with Gasteiger partial charge in [0, 0.05) is 0 Å². The maximum absolute atomic E-state index is 11.2. The second-order valence-corrected chi connectivity index (χ2v) is 10.6. The third-order valence-electron chi connectivity index (χ3n) is 8.65. The normalized spacial score (nSPS) is 30.9. The summed E-state index contributed by atoms with van der Waals surface area (Å²) >= 11 is 0. The van der Waals surface area contributed by atoms with Gasteiger partial charge in [-0.3, -0.25) is 0 Å². The zero-order valence-electron chi connectivity index (χ0n) is 20.2. The van der Waals surface area contributed by atoms with Crippen molar-refractivity contribution in [2.75, 3.05) is 0 Å². The van der Waals surface area contributed by atoms with E-state index in [0.29, 0.717) is 0 Å². The van der Waals surface area contributed by atoms with Gasteiger partial charge in [-0.15, -0.1) is 0 Å². The van der Waals surface area contributed by atoms with Gasteiger partial charge in [0.2, 0.25) is 0 Å². The Morgan fingerprint density at radius 2 is 0.906 bits per heavy atom. The van der Waals surface area contributed by atoms with Gasteiger partial charge in [-0.25, -0.2) is 0 Å². The molecule has 2 aliphatic carbocycles. The molecular weight excluding hydrogens is 392 g/mol. The molecule has 0 spiro atoms. The summed E-state index contributed by atoms with van der Waals surface area (Å²) in [4.78, 5) is 0. The van der Waals surface area contributed by atoms with Gasteiger partial charge in [0.1, 0.15) is 0 Å². The summed E-state index contributed by atoms with van der Waals surface area (Å²) < 4.78 is 0. The molecule has 2 fully saturated rings. The van der Waals surface area contributed by atoms with Crippen molar-refractivity contribution in [3.8, 4) is 0 Å². The smallest absolute Gasteiger partial charge is 0.0896 e. The van der Waals surface area contributed by atoms with Gasteiger partial charge < -0.3 is 10.2 Å². The van der Waals surface area contributed by atoms with Crippen LogP contribution in [0, 0.1) is 11.8 Å². The molecule has 2 heteroatoms. The molecular formula is C30H42O2. The molecule has 174 valence electrons. The van der Waals surface area contributed by atoms with Crippen LogP contribution in [0.2, 0.25) is 0 Å². The Morgan fingerprint density at radius 3 is 1.19 bits per heavy atom. The van der Waals surface area contributed by atoms with E-state index >= 15 is 0 Å². The van der Waals surface area contributed by atoms with E-state index < -0.39 is 11.2 Å². The summed E-state index contributed by atoms with van der Waals surface area (Å²) in [6.45, 7) is 4.34. The van der Waals surface area contributed by atoms with Gasteiger partial charge >= 0.3 is 0 Å². The summed E-state index contributed by atoms with van der Waals surface area (Å²) in [5.41, 5.74) is 3.62. The number of aliphatic hydroxyl groups is 2. The van der Waals surface area contributed by atoms with Crippen LogP contribution in [-0.4, -0.2) is 10.2 Å². The zero-order valence-corrected chi connectivity index (χ0v) is 20.2.